The lowest BCUT2D eigenvalue weighted by Crippen LogP contribution is -2.44. The summed E-state index contributed by atoms with van der Waals surface area (Å²) in [7, 11) is 5.14. The Morgan fingerprint density at radius 2 is 2.26 bits per heavy atom. The Labute approximate surface area is 137 Å². The molecule has 1 aromatic heterocycles. The van der Waals surface area contributed by atoms with Gasteiger partial charge in [0.05, 0.1) is 18.3 Å². The highest BCUT2D eigenvalue weighted by Crippen LogP contribution is 2.22. The summed E-state index contributed by atoms with van der Waals surface area (Å²) in [5.74, 6) is 1.48. The SMILES string of the molecule is CNc1cc(CN(C)C(=O)C(C)(C)OC)nc([C@H]2CCCN2)n1. The van der Waals surface area contributed by atoms with Crippen LogP contribution in [0, 0.1) is 0 Å². The molecule has 0 spiro atoms. The molecule has 1 amide bonds. The van der Waals surface area contributed by atoms with Gasteiger partial charge in [0.25, 0.3) is 5.91 Å². The molecule has 0 aliphatic carbocycles. The largest absolute Gasteiger partial charge is 0.373 e. The number of aromatic nitrogens is 2. The van der Waals surface area contributed by atoms with Crippen molar-refractivity contribution >= 4 is 11.7 Å². The van der Waals surface area contributed by atoms with Crippen molar-refractivity contribution < 1.29 is 9.53 Å². The number of likely N-dealkylation sites (N-methyl/N-ethyl adjacent to an activating group) is 1. The van der Waals surface area contributed by atoms with Crippen LogP contribution in [0.15, 0.2) is 6.07 Å². The standard InChI is InChI=1S/C16H27N5O2/c1-16(2,23-5)15(22)21(4)10-11-9-13(17-3)20-14(19-11)12-7-6-8-18-12/h9,12,18H,6-8,10H2,1-5H3,(H,17,19,20)/t12-/m1/s1. The van der Waals surface area contributed by atoms with Crippen LogP contribution in [-0.2, 0) is 16.1 Å². The summed E-state index contributed by atoms with van der Waals surface area (Å²) in [5, 5.41) is 6.48. The number of amides is 1. The molecule has 1 atom stereocenters. The van der Waals surface area contributed by atoms with Gasteiger partial charge in [-0.25, -0.2) is 9.97 Å². The average Bonchev–Trinajstić information content (AvgIpc) is 3.08. The van der Waals surface area contributed by atoms with Crippen molar-refractivity contribution in [3.05, 3.63) is 17.6 Å². The molecule has 2 heterocycles. The predicted octanol–water partition coefficient (Wildman–Crippen LogP) is 1.33. The monoisotopic (exact) mass is 321 g/mol. The Hall–Kier alpha value is -1.73. The van der Waals surface area contributed by atoms with Gasteiger partial charge in [-0.2, -0.15) is 0 Å². The molecule has 1 fully saturated rings. The number of hydrogen-bond acceptors (Lipinski definition) is 6. The molecule has 0 unspecified atom stereocenters. The molecule has 128 valence electrons. The van der Waals surface area contributed by atoms with E-state index in [1.165, 1.54) is 0 Å². The topological polar surface area (TPSA) is 79.4 Å². The molecule has 1 aliphatic heterocycles. The summed E-state index contributed by atoms with van der Waals surface area (Å²) in [6, 6.07) is 2.07. The lowest BCUT2D eigenvalue weighted by Gasteiger charge is -2.28. The maximum Gasteiger partial charge on any atom is 0.254 e. The molecule has 1 saturated heterocycles. The van der Waals surface area contributed by atoms with Gasteiger partial charge in [-0.3, -0.25) is 4.79 Å². The van der Waals surface area contributed by atoms with E-state index in [1.807, 2.05) is 13.1 Å². The zero-order valence-corrected chi connectivity index (χ0v) is 14.6. The maximum atomic E-state index is 12.4. The zero-order valence-electron chi connectivity index (χ0n) is 14.6. The van der Waals surface area contributed by atoms with Crippen LogP contribution in [0.25, 0.3) is 0 Å². The fraction of sp³-hybridized carbons (Fsp3) is 0.688. The van der Waals surface area contributed by atoms with Crippen LogP contribution in [0.1, 0.15) is 44.2 Å². The Kier molecular flexibility index (Phi) is 5.54. The van der Waals surface area contributed by atoms with E-state index >= 15 is 0 Å². The van der Waals surface area contributed by atoms with Crippen molar-refractivity contribution in [2.75, 3.05) is 33.1 Å². The second kappa shape index (κ2) is 7.23. The first-order valence-corrected chi connectivity index (χ1v) is 7.97. The molecule has 1 aromatic rings. The van der Waals surface area contributed by atoms with E-state index in [1.54, 1.807) is 32.9 Å². The van der Waals surface area contributed by atoms with Gasteiger partial charge >= 0.3 is 0 Å². The second-order valence-electron chi connectivity index (χ2n) is 6.38. The lowest BCUT2D eigenvalue weighted by atomic mass is 10.1. The zero-order chi connectivity index (χ0) is 17.0. The molecule has 23 heavy (non-hydrogen) atoms. The normalized spacial score (nSPS) is 18.0. The molecule has 2 N–H and O–H groups in total. The number of methoxy groups -OCH3 is 1. The van der Waals surface area contributed by atoms with E-state index in [2.05, 4.69) is 20.6 Å². The second-order valence-corrected chi connectivity index (χ2v) is 6.38. The van der Waals surface area contributed by atoms with Crippen molar-refractivity contribution in [2.24, 2.45) is 0 Å². The predicted molar refractivity (Wildman–Crippen MR) is 89.1 cm³/mol. The van der Waals surface area contributed by atoms with Crippen molar-refractivity contribution in [3.63, 3.8) is 0 Å². The van der Waals surface area contributed by atoms with E-state index in [4.69, 9.17) is 4.74 Å². The number of carbonyl (C=O) groups excluding carboxylic acids is 1. The van der Waals surface area contributed by atoms with Crippen LogP contribution in [0.5, 0.6) is 0 Å². The van der Waals surface area contributed by atoms with Crippen LogP contribution in [0.2, 0.25) is 0 Å². The summed E-state index contributed by atoms with van der Waals surface area (Å²) < 4.78 is 5.26. The minimum absolute atomic E-state index is 0.0786. The molecule has 1 aliphatic rings. The number of hydrogen-bond donors (Lipinski definition) is 2. The summed E-state index contributed by atoms with van der Waals surface area (Å²) in [5.41, 5.74) is -0.0282. The minimum Gasteiger partial charge on any atom is -0.373 e. The minimum atomic E-state index is -0.844. The Morgan fingerprint density at radius 1 is 1.52 bits per heavy atom. The van der Waals surface area contributed by atoms with E-state index in [0.29, 0.717) is 6.54 Å². The quantitative estimate of drug-likeness (QED) is 0.823. The van der Waals surface area contributed by atoms with Crippen molar-refractivity contribution in [2.45, 2.75) is 44.9 Å². The van der Waals surface area contributed by atoms with Gasteiger partial charge in [0.1, 0.15) is 17.2 Å². The van der Waals surface area contributed by atoms with Gasteiger partial charge in [-0.1, -0.05) is 0 Å². The first-order chi connectivity index (χ1) is 10.9. The van der Waals surface area contributed by atoms with E-state index < -0.39 is 5.60 Å². The highest BCUT2D eigenvalue weighted by atomic mass is 16.5. The highest BCUT2D eigenvalue weighted by Gasteiger charge is 2.30. The molecular weight excluding hydrogens is 294 g/mol. The van der Waals surface area contributed by atoms with Gasteiger partial charge in [0.15, 0.2) is 0 Å². The van der Waals surface area contributed by atoms with Crippen LogP contribution < -0.4 is 10.6 Å². The number of nitrogens with zero attached hydrogens (tertiary/aromatic N) is 3. The molecule has 0 radical (unpaired) electrons. The third-order valence-corrected chi connectivity index (χ3v) is 4.20. The third kappa shape index (κ3) is 4.17. The highest BCUT2D eigenvalue weighted by molar-refractivity contribution is 5.84. The number of rotatable bonds is 6. The van der Waals surface area contributed by atoms with E-state index in [0.717, 1.165) is 36.7 Å². The summed E-state index contributed by atoms with van der Waals surface area (Å²) in [4.78, 5) is 23.2. The lowest BCUT2D eigenvalue weighted by molar-refractivity contribution is -0.150. The van der Waals surface area contributed by atoms with Crippen molar-refractivity contribution in [3.8, 4) is 0 Å². The molecule has 2 rings (SSSR count). The van der Waals surface area contributed by atoms with Crippen LogP contribution in [-0.4, -0.2) is 54.1 Å². The van der Waals surface area contributed by atoms with Gasteiger partial charge in [0.2, 0.25) is 0 Å². The summed E-state index contributed by atoms with van der Waals surface area (Å²) in [6.07, 6.45) is 2.17. The smallest absolute Gasteiger partial charge is 0.254 e. The van der Waals surface area contributed by atoms with Gasteiger partial charge in [-0.15, -0.1) is 0 Å². The Morgan fingerprint density at radius 3 is 2.83 bits per heavy atom. The summed E-state index contributed by atoms with van der Waals surface area (Å²) >= 11 is 0. The number of ether oxygens (including phenoxy) is 1. The number of anilines is 1. The Bertz CT molecular complexity index is 555. The Balaban J connectivity index is 2.18. The first kappa shape index (κ1) is 17.6. The molecule has 7 nitrogen and oxygen atoms in total. The third-order valence-electron chi connectivity index (χ3n) is 4.20. The maximum absolute atomic E-state index is 12.4. The summed E-state index contributed by atoms with van der Waals surface area (Å²) in [6.45, 7) is 4.94. The molecule has 0 saturated carbocycles. The fourth-order valence-corrected chi connectivity index (χ4v) is 2.65. The van der Waals surface area contributed by atoms with Crippen molar-refractivity contribution in [1.82, 2.24) is 20.2 Å². The van der Waals surface area contributed by atoms with Gasteiger partial charge < -0.3 is 20.3 Å². The molecule has 7 heteroatoms. The molecule has 0 aromatic carbocycles. The van der Waals surface area contributed by atoms with Crippen LogP contribution in [0.3, 0.4) is 0 Å². The van der Waals surface area contributed by atoms with Crippen LogP contribution >= 0.6 is 0 Å². The fourth-order valence-electron chi connectivity index (χ4n) is 2.65. The van der Waals surface area contributed by atoms with Crippen molar-refractivity contribution in [1.29, 1.82) is 0 Å². The molecular formula is C16H27N5O2. The van der Waals surface area contributed by atoms with Crippen LogP contribution in [0.4, 0.5) is 5.82 Å². The average molecular weight is 321 g/mol. The number of carbonyl (C=O) groups is 1. The van der Waals surface area contributed by atoms with E-state index in [-0.39, 0.29) is 11.9 Å². The van der Waals surface area contributed by atoms with Gasteiger partial charge in [0, 0.05) is 27.3 Å². The first-order valence-electron chi connectivity index (χ1n) is 7.97. The number of nitrogens with one attached hydrogen (secondary N) is 2. The van der Waals surface area contributed by atoms with Gasteiger partial charge in [-0.05, 0) is 33.2 Å². The van der Waals surface area contributed by atoms with E-state index in [9.17, 15) is 4.79 Å². The molecule has 0 bridgehead atoms.